The molecule has 0 radical (unpaired) electrons. The summed E-state index contributed by atoms with van der Waals surface area (Å²) >= 11 is 0. The van der Waals surface area contributed by atoms with Gasteiger partial charge < -0.3 is 14.6 Å². The average Bonchev–Trinajstić information content (AvgIpc) is 3.12. The van der Waals surface area contributed by atoms with Crippen molar-refractivity contribution in [3.05, 3.63) is 47.7 Å². The quantitative estimate of drug-likeness (QED) is 0.874. The number of nitrogens with zero attached hydrogens (tertiary/aromatic N) is 3. The second-order valence-electron chi connectivity index (χ2n) is 7.64. The molecule has 1 aliphatic heterocycles. The zero-order chi connectivity index (χ0) is 18.9. The highest BCUT2D eigenvalue weighted by molar-refractivity contribution is 5.33. The van der Waals surface area contributed by atoms with Crippen molar-refractivity contribution in [1.29, 1.82) is 0 Å². The first-order chi connectivity index (χ1) is 13.1. The number of aliphatic hydroxyl groups is 1. The average molecular weight is 369 g/mol. The summed E-state index contributed by atoms with van der Waals surface area (Å²) in [6.45, 7) is 2.80. The molecule has 2 aromatic rings. The molecule has 1 N–H and O–H groups in total. The number of ether oxygens (including phenoxy) is 2. The Balaban J connectivity index is 1.60. The molecule has 1 saturated heterocycles. The molecule has 3 atom stereocenters. The lowest BCUT2D eigenvalue weighted by Gasteiger charge is -2.41. The van der Waals surface area contributed by atoms with E-state index in [1.54, 1.807) is 13.3 Å². The molecule has 3 unspecified atom stereocenters. The number of hydrogen-bond donors (Lipinski definition) is 1. The predicted octanol–water partition coefficient (Wildman–Crippen LogP) is 2.61. The van der Waals surface area contributed by atoms with Crippen molar-refractivity contribution in [1.82, 2.24) is 14.9 Å². The van der Waals surface area contributed by atoms with E-state index >= 15 is 0 Å². The Hall–Kier alpha value is -2.18. The molecule has 0 bridgehead atoms. The van der Waals surface area contributed by atoms with Crippen molar-refractivity contribution in [3.63, 3.8) is 0 Å². The molecule has 0 amide bonds. The Morgan fingerprint density at radius 3 is 2.74 bits per heavy atom. The van der Waals surface area contributed by atoms with Gasteiger partial charge in [0.1, 0.15) is 5.60 Å². The van der Waals surface area contributed by atoms with Gasteiger partial charge in [0.25, 0.3) is 0 Å². The molecule has 1 aliphatic carbocycles. The van der Waals surface area contributed by atoms with Crippen molar-refractivity contribution in [3.8, 4) is 11.9 Å². The first kappa shape index (κ1) is 18.2. The van der Waals surface area contributed by atoms with Gasteiger partial charge in [-0.05, 0) is 30.7 Å². The molecule has 0 spiro atoms. The van der Waals surface area contributed by atoms with Crippen molar-refractivity contribution < 1.29 is 14.6 Å². The fourth-order valence-electron chi connectivity index (χ4n) is 4.82. The van der Waals surface area contributed by atoms with E-state index in [9.17, 15) is 5.11 Å². The Kier molecular flexibility index (Phi) is 5.02. The molecular formula is C21H27N3O3. The maximum Gasteiger partial charge on any atom is 0.319 e. The Morgan fingerprint density at radius 1 is 1.19 bits per heavy atom. The van der Waals surface area contributed by atoms with E-state index in [-0.39, 0.29) is 11.9 Å². The van der Waals surface area contributed by atoms with Gasteiger partial charge in [-0.25, -0.2) is 4.98 Å². The lowest BCUT2D eigenvalue weighted by atomic mass is 9.68. The molecule has 1 aromatic heterocycles. The largest absolute Gasteiger partial charge is 0.481 e. The van der Waals surface area contributed by atoms with Crippen LogP contribution in [0.25, 0.3) is 0 Å². The molecule has 6 nitrogen and oxygen atoms in total. The van der Waals surface area contributed by atoms with Crippen LogP contribution in [0.4, 0.5) is 0 Å². The highest BCUT2D eigenvalue weighted by Crippen LogP contribution is 2.50. The van der Waals surface area contributed by atoms with Crippen LogP contribution in [-0.4, -0.2) is 47.3 Å². The van der Waals surface area contributed by atoms with Gasteiger partial charge in [-0.1, -0.05) is 30.3 Å². The van der Waals surface area contributed by atoms with Crippen molar-refractivity contribution in [2.75, 3.05) is 27.3 Å². The third kappa shape index (κ3) is 3.39. The number of hydrogen-bond acceptors (Lipinski definition) is 6. The van der Waals surface area contributed by atoms with Crippen molar-refractivity contribution >= 4 is 0 Å². The minimum atomic E-state index is -0.966. The molecule has 144 valence electrons. The van der Waals surface area contributed by atoms with E-state index in [1.807, 2.05) is 6.07 Å². The number of fused-ring (bicyclic) bond motifs is 1. The smallest absolute Gasteiger partial charge is 0.319 e. The SMILES string of the molecule is COc1ncc(C2(O)CCCC3CN(Cc4ccccc4)CC32)c(OC)n1. The van der Waals surface area contributed by atoms with Crippen LogP contribution < -0.4 is 9.47 Å². The van der Waals surface area contributed by atoms with Crippen LogP contribution in [0.2, 0.25) is 0 Å². The topological polar surface area (TPSA) is 67.7 Å². The van der Waals surface area contributed by atoms with Gasteiger partial charge in [0.2, 0.25) is 5.88 Å². The molecule has 2 heterocycles. The second kappa shape index (κ2) is 7.44. The highest BCUT2D eigenvalue weighted by Gasteiger charge is 2.51. The Morgan fingerprint density at radius 2 is 2.00 bits per heavy atom. The van der Waals surface area contributed by atoms with Crippen LogP contribution in [0.5, 0.6) is 11.9 Å². The number of rotatable bonds is 5. The number of methoxy groups -OCH3 is 2. The highest BCUT2D eigenvalue weighted by atomic mass is 16.5. The summed E-state index contributed by atoms with van der Waals surface area (Å²) in [6.07, 6.45) is 4.52. The van der Waals surface area contributed by atoms with E-state index in [4.69, 9.17) is 9.47 Å². The fraction of sp³-hybridized carbons (Fsp3) is 0.524. The number of likely N-dealkylation sites (tertiary alicyclic amines) is 1. The Bertz CT molecular complexity index is 785. The van der Waals surface area contributed by atoms with Gasteiger partial charge >= 0.3 is 6.01 Å². The van der Waals surface area contributed by atoms with Gasteiger partial charge in [0.15, 0.2) is 0 Å². The summed E-state index contributed by atoms with van der Waals surface area (Å²) < 4.78 is 10.6. The van der Waals surface area contributed by atoms with E-state index in [2.05, 4.69) is 39.1 Å². The lowest BCUT2D eigenvalue weighted by Crippen LogP contribution is -2.43. The normalized spacial score (nSPS) is 28.0. The van der Waals surface area contributed by atoms with Gasteiger partial charge in [-0.2, -0.15) is 4.98 Å². The van der Waals surface area contributed by atoms with Crippen LogP contribution >= 0.6 is 0 Å². The minimum Gasteiger partial charge on any atom is -0.481 e. The van der Waals surface area contributed by atoms with E-state index < -0.39 is 5.60 Å². The summed E-state index contributed by atoms with van der Waals surface area (Å²) in [5.41, 5.74) is 1.03. The number of benzene rings is 1. The van der Waals surface area contributed by atoms with Crippen LogP contribution in [0.1, 0.15) is 30.4 Å². The third-order valence-corrected chi connectivity index (χ3v) is 6.09. The first-order valence-electron chi connectivity index (χ1n) is 9.58. The second-order valence-corrected chi connectivity index (χ2v) is 7.64. The van der Waals surface area contributed by atoms with E-state index in [1.165, 1.54) is 12.7 Å². The molecule has 1 aromatic carbocycles. The molecule has 4 rings (SSSR count). The first-order valence-corrected chi connectivity index (χ1v) is 9.58. The Labute approximate surface area is 160 Å². The fourth-order valence-corrected chi connectivity index (χ4v) is 4.82. The van der Waals surface area contributed by atoms with Crippen LogP contribution in [-0.2, 0) is 12.1 Å². The zero-order valence-corrected chi connectivity index (χ0v) is 16.0. The van der Waals surface area contributed by atoms with E-state index in [0.717, 1.165) is 32.5 Å². The summed E-state index contributed by atoms with van der Waals surface area (Å²) in [5, 5.41) is 11.7. The van der Waals surface area contributed by atoms with Gasteiger partial charge in [-0.3, -0.25) is 4.90 Å². The van der Waals surface area contributed by atoms with Crippen LogP contribution in [0.15, 0.2) is 36.5 Å². The molecule has 27 heavy (non-hydrogen) atoms. The van der Waals surface area contributed by atoms with Gasteiger partial charge in [0.05, 0.1) is 19.8 Å². The minimum absolute atomic E-state index is 0.154. The monoisotopic (exact) mass is 369 g/mol. The standard InChI is InChI=1S/C21H27N3O3/c1-26-19-17(11-22-20(23-19)27-2)21(25)10-6-9-16-13-24(14-18(16)21)12-15-7-4-3-5-8-15/h3-5,7-8,11,16,18,25H,6,9-10,12-14H2,1-2H3. The van der Waals surface area contributed by atoms with Crippen molar-refractivity contribution in [2.45, 2.75) is 31.4 Å². The summed E-state index contributed by atoms with van der Waals surface area (Å²) in [6, 6.07) is 10.8. The number of aromatic nitrogens is 2. The maximum atomic E-state index is 11.7. The van der Waals surface area contributed by atoms with Crippen molar-refractivity contribution in [2.24, 2.45) is 11.8 Å². The summed E-state index contributed by atoms with van der Waals surface area (Å²) in [4.78, 5) is 11.0. The summed E-state index contributed by atoms with van der Waals surface area (Å²) in [5.74, 6) is 1.03. The zero-order valence-electron chi connectivity index (χ0n) is 16.0. The molecule has 1 saturated carbocycles. The predicted molar refractivity (Wildman–Crippen MR) is 102 cm³/mol. The van der Waals surface area contributed by atoms with Gasteiger partial charge in [-0.15, -0.1) is 0 Å². The molecule has 2 aliphatic rings. The van der Waals surface area contributed by atoms with Gasteiger partial charge in [0, 0.05) is 31.7 Å². The summed E-state index contributed by atoms with van der Waals surface area (Å²) in [7, 11) is 3.10. The third-order valence-electron chi connectivity index (χ3n) is 6.09. The molecule has 6 heteroatoms. The molecule has 2 fully saturated rings. The van der Waals surface area contributed by atoms with Crippen LogP contribution in [0.3, 0.4) is 0 Å². The van der Waals surface area contributed by atoms with Crippen LogP contribution in [0, 0.1) is 11.8 Å². The lowest BCUT2D eigenvalue weighted by molar-refractivity contribution is -0.0669. The maximum absolute atomic E-state index is 11.7. The van der Waals surface area contributed by atoms with E-state index in [0.29, 0.717) is 23.8 Å². The molecular weight excluding hydrogens is 342 g/mol.